The van der Waals surface area contributed by atoms with Gasteiger partial charge in [-0.3, -0.25) is 9.69 Å². The van der Waals surface area contributed by atoms with Crippen LogP contribution < -0.4 is 10.6 Å². The van der Waals surface area contributed by atoms with Crippen LogP contribution in [0, 0.1) is 5.92 Å². The first-order valence-corrected chi connectivity index (χ1v) is 6.83. The molecule has 19 heavy (non-hydrogen) atoms. The smallest absolute Gasteiger partial charge is 0.317 e. The second-order valence-electron chi connectivity index (χ2n) is 5.19. The fraction of sp³-hybridized carbons (Fsp3) is 0.833. The number of carbonyl (C=O) groups is 2. The molecule has 0 atom stereocenters. The number of hydrogen-bond donors (Lipinski definition) is 3. The van der Waals surface area contributed by atoms with Crippen molar-refractivity contribution in [2.75, 3.05) is 52.4 Å². The van der Waals surface area contributed by atoms with Crippen molar-refractivity contribution in [2.24, 2.45) is 5.92 Å². The summed E-state index contributed by atoms with van der Waals surface area (Å²) in [6.45, 7) is 6.73. The van der Waals surface area contributed by atoms with Gasteiger partial charge in [-0.15, -0.1) is 0 Å². The number of hydrogen-bond acceptors (Lipinski definition) is 4. The molecule has 2 fully saturated rings. The highest BCUT2D eigenvalue weighted by Gasteiger charge is 2.31. The zero-order valence-corrected chi connectivity index (χ0v) is 11.1. The van der Waals surface area contributed by atoms with Gasteiger partial charge in [0.2, 0.25) is 0 Å². The van der Waals surface area contributed by atoms with Crippen molar-refractivity contribution in [3.05, 3.63) is 0 Å². The fourth-order valence-corrected chi connectivity index (χ4v) is 2.48. The number of carboxylic acid groups (broad SMARTS) is 1. The molecule has 0 aliphatic carbocycles. The van der Waals surface area contributed by atoms with Gasteiger partial charge in [0.15, 0.2) is 0 Å². The molecule has 0 aromatic rings. The van der Waals surface area contributed by atoms with E-state index in [1.54, 1.807) is 4.90 Å². The Bertz CT molecular complexity index is 325. The maximum absolute atomic E-state index is 11.7. The van der Waals surface area contributed by atoms with E-state index in [9.17, 15) is 9.59 Å². The number of likely N-dealkylation sites (tertiary alicyclic amines) is 1. The summed E-state index contributed by atoms with van der Waals surface area (Å²) in [6, 6.07) is -0.0724. The van der Waals surface area contributed by atoms with E-state index in [4.69, 9.17) is 5.11 Å². The van der Waals surface area contributed by atoms with Gasteiger partial charge in [0.25, 0.3) is 0 Å². The van der Waals surface area contributed by atoms with Crippen LogP contribution in [-0.2, 0) is 4.79 Å². The number of carboxylic acids is 1. The first-order valence-electron chi connectivity index (χ1n) is 6.83. The van der Waals surface area contributed by atoms with Crippen LogP contribution >= 0.6 is 0 Å². The molecule has 2 saturated heterocycles. The van der Waals surface area contributed by atoms with E-state index in [-0.39, 0.29) is 18.4 Å². The second-order valence-corrected chi connectivity index (χ2v) is 5.19. The molecule has 7 nitrogen and oxygen atoms in total. The number of aliphatic carboxylic acids is 1. The predicted octanol–water partition coefficient (Wildman–Crippen LogP) is -0.992. The molecule has 0 radical (unpaired) electrons. The lowest BCUT2D eigenvalue weighted by Gasteiger charge is -2.38. The summed E-state index contributed by atoms with van der Waals surface area (Å²) in [5.74, 6) is -0.666. The standard InChI is InChI=1S/C12H22N4O3/c17-11(18)7-10-8-16(9-10)12(19)14-3-6-15-4-1-13-2-5-15/h10,13H,1-9H2,(H,14,19)(H,17,18). The number of amides is 2. The Hall–Kier alpha value is -1.34. The Kier molecular flexibility index (Phi) is 4.98. The molecule has 2 amide bonds. The average molecular weight is 270 g/mol. The number of rotatable bonds is 5. The Morgan fingerprint density at radius 1 is 1.26 bits per heavy atom. The third-order valence-corrected chi connectivity index (χ3v) is 3.62. The van der Waals surface area contributed by atoms with E-state index < -0.39 is 5.97 Å². The van der Waals surface area contributed by atoms with Gasteiger partial charge in [-0.25, -0.2) is 4.79 Å². The zero-order chi connectivity index (χ0) is 13.7. The van der Waals surface area contributed by atoms with Crippen molar-refractivity contribution in [3.8, 4) is 0 Å². The number of carbonyl (C=O) groups excluding carboxylic acids is 1. The minimum atomic E-state index is -0.788. The summed E-state index contributed by atoms with van der Waals surface area (Å²) >= 11 is 0. The van der Waals surface area contributed by atoms with Crippen LogP contribution in [0.4, 0.5) is 4.79 Å². The average Bonchev–Trinajstić information content (AvgIpc) is 2.34. The molecule has 2 heterocycles. The maximum Gasteiger partial charge on any atom is 0.317 e. The Morgan fingerprint density at radius 2 is 1.95 bits per heavy atom. The molecule has 3 N–H and O–H groups in total. The summed E-state index contributed by atoms with van der Waals surface area (Å²) in [5, 5.41) is 14.8. The van der Waals surface area contributed by atoms with Gasteiger partial charge in [0, 0.05) is 58.3 Å². The van der Waals surface area contributed by atoms with Crippen LogP contribution in [0.15, 0.2) is 0 Å². The topological polar surface area (TPSA) is 84.9 Å². The third-order valence-electron chi connectivity index (χ3n) is 3.62. The van der Waals surface area contributed by atoms with Crippen molar-refractivity contribution in [1.29, 1.82) is 0 Å². The highest BCUT2D eigenvalue weighted by atomic mass is 16.4. The van der Waals surface area contributed by atoms with Crippen molar-refractivity contribution >= 4 is 12.0 Å². The zero-order valence-electron chi connectivity index (χ0n) is 11.1. The normalized spacial score (nSPS) is 20.9. The van der Waals surface area contributed by atoms with Gasteiger partial charge in [0.05, 0.1) is 6.42 Å². The first kappa shape index (κ1) is 14.1. The minimum Gasteiger partial charge on any atom is -0.481 e. The molecule has 2 aliphatic heterocycles. The molecule has 0 spiro atoms. The van der Waals surface area contributed by atoms with Gasteiger partial charge in [-0.1, -0.05) is 0 Å². The van der Waals surface area contributed by atoms with Crippen molar-refractivity contribution in [2.45, 2.75) is 6.42 Å². The molecule has 2 aliphatic rings. The lowest BCUT2D eigenvalue weighted by molar-refractivity contribution is -0.139. The van der Waals surface area contributed by atoms with Crippen molar-refractivity contribution < 1.29 is 14.7 Å². The Balaban J connectivity index is 1.54. The quantitative estimate of drug-likeness (QED) is 0.597. The van der Waals surface area contributed by atoms with Crippen molar-refractivity contribution in [3.63, 3.8) is 0 Å². The van der Waals surface area contributed by atoms with E-state index in [0.29, 0.717) is 19.6 Å². The third kappa shape index (κ3) is 4.36. The van der Waals surface area contributed by atoms with Crippen LogP contribution in [0.5, 0.6) is 0 Å². The summed E-state index contributed by atoms with van der Waals surface area (Å²) in [5.41, 5.74) is 0. The lowest BCUT2D eigenvalue weighted by atomic mass is 9.97. The first-order chi connectivity index (χ1) is 9.15. The highest BCUT2D eigenvalue weighted by molar-refractivity contribution is 5.75. The van der Waals surface area contributed by atoms with Crippen LogP contribution in [0.3, 0.4) is 0 Å². The number of urea groups is 1. The summed E-state index contributed by atoms with van der Waals surface area (Å²) in [6.07, 6.45) is 0.157. The number of nitrogens with zero attached hydrogens (tertiary/aromatic N) is 2. The van der Waals surface area contributed by atoms with Crippen LogP contribution in [0.2, 0.25) is 0 Å². The van der Waals surface area contributed by atoms with Gasteiger partial charge in [-0.2, -0.15) is 0 Å². The van der Waals surface area contributed by atoms with Crippen LogP contribution in [0.25, 0.3) is 0 Å². The Morgan fingerprint density at radius 3 is 2.58 bits per heavy atom. The van der Waals surface area contributed by atoms with Gasteiger partial charge in [-0.05, 0) is 0 Å². The highest BCUT2D eigenvalue weighted by Crippen LogP contribution is 2.18. The predicted molar refractivity (Wildman–Crippen MR) is 70.0 cm³/mol. The molecule has 0 unspecified atom stereocenters. The van der Waals surface area contributed by atoms with Gasteiger partial charge >= 0.3 is 12.0 Å². The lowest BCUT2D eigenvalue weighted by Crippen LogP contribution is -2.55. The fourth-order valence-electron chi connectivity index (χ4n) is 2.48. The molecular formula is C12H22N4O3. The van der Waals surface area contributed by atoms with Crippen LogP contribution in [-0.4, -0.2) is 79.3 Å². The van der Waals surface area contributed by atoms with Crippen LogP contribution in [0.1, 0.15) is 6.42 Å². The van der Waals surface area contributed by atoms with E-state index in [2.05, 4.69) is 15.5 Å². The van der Waals surface area contributed by atoms with Gasteiger partial charge in [0.1, 0.15) is 0 Å². The maximum atomic E-state index is 11.7. The summed E-state index contributed by atoms with van der Waals surface area (Å²) in [4.78, 5) is 26.2. The molecule has 2 rings (SSSR count). The summed E-state index contributed by atoms with van der Waals surface area (Å²) in [7, 11) is 0. The Labute approximate surface area is 112 Å². The molecule has 7 heteroatoms. The van der Waals surface area contributed by atoms with E-state index in [1.165, 1.54) is 0 Å². The number of piperazine rings is 1. The largest absolute Gasteiger partial charge is 0.481 e. The number of nitrogens with one attached hydrogen (secondary N) is 2. The van der Waals surface area contributed by atoms with E-state index in [1.807, 2.05) is 0 Å². The van der Waals surface area contributed by atoms with Gasteiger partial charge < -0.3 is 20.6 Å². The second kappa shape index (κ2) is 6.72. The molecule has 0 aromatic carbocycles. The molecule has 0 aromatic heterocycles. The molecule has 0 saturated carbocycles. The van der Waals surface area contributed by atoms with Crippen molar-refractivity contribution in [1.82, 2.24) is 20.4 Å². The molecular weight excluding hydrogens is 248 g/mol. The minimum absolute atomic E-state index is 0.0724. The van der Waals surface area contributed by atoms with E-state index in [0.717, 1.165) is 32.7 Å². The SMILES string of the molecule is O=C(O)CC1CN(C(=O)NCCN2CCNCC2)C1. The monoisotopic (exact) mass is 270 g/mol. The summed E-state index contributed by atoms with van der Waals surface area (Å²) < 4.78 is 0. The molecule has 0 bridgehead atoms. The molecule has 108 valence electrons. The van der Waals surface area contributed by atoms with E-state index >= 15 is 0 Å².